The van der Waals surface area contributed by atoms with Crippen LogP contribution in [0.5, 0.6) is 5.88 Å². The van der Waals surface area contributed by atoms with Crippen LogP contribution in [0, 0.1) is 23.5 Å². The maximum Gasteiger partial charge on any atom is 0.275 e. The Kier molecular flexibility index (Phi) is 13.1. The van der Waals surface area contributed by atoms with Crippen molar-refractivity contribution in [1.82, 2.24) is 69.8 Å². The van der Waals surface area contributed by atoms with Crippen molar-refractivity contribution in [2.45, 2.75) is 37.8 Å². The van der Waals surface area contributed by atoms with Crippen molar-refractivity contribution in [3.8, 4) is 5.88 Å². The van der Waals surface area contributed by atoms with E-state index in [0.29, 0.717) is 33.4 Å². The molecule has 0 spiro atoms. The molecular formula is C48H53F2N17O3. The zero-order valence-corrected chi connectivity index (χ0v) is 39.2. The number of hydrogen-bond acceptors (Lipinski definition) is 15. The molecule has 2 amide bonds. The molecule has 12 rings (SSSR count). The first-order chi connectivity index (χ1) is 33.9. The Bertz CT molecular complexity index is 3140. The van der Waals surface area contributed by atoms with Crippen LogP contribution in [0.2, 0.25) is 0 Å². The van der Waals surface area contributed by atoms with E-state index >= 15 is 0 Å². The molecular weight excluding hydrogens is 901 g/mol. The minimum atomic E-state index is -0.539. The highest BCUT2D eigenvalue weighted by Crippen LogP contribution is 2.30. The summed E-state index contributed by atoms with van der Waals surface area (Å²) in [6.07, 6.45) is 14.5. The van der Waals surface area contributed by atoms with Crippen LogP contribution in [-0.4, -0.2) is 142 Å². The maximum atomic E-state index is 14.2. The van der Waals surface area contributed by atoms with Crippen LogP contribution in [0.3, 0.4) is 0 Å². The predicted octanol–water partition coefficient (Wildman–Crippen LogP) is 4.93. The van der Waals surface area contributed by atoms with E-state index in [4.69, 9.17) is 4.84 Å². The van der Waals surface area contributed by atoms with Crippen molar-refractivity contribution >= 4 is 61.8 Å². The van der Waals surface area contributed by atoms with E-state index in [1.165, 1.54) is 90.2 Å². The SMILES string of the molecule is CN(CC1CN(c2cnc(C(=O)Nc3cc(F)c4nn(C)cc4c3)cn2)C1)C1CC1.CN(CC1CNC1)C1CC1.Cn1cc2cc(NC(=O)c3cnc(On4nnc5ccccc54)cn3)cc(F)c2n1. The summed E-state index contributed by atoms with van der Waals surface area (Å²) in [6.45, 7) is 6.85. The number of aryl methyl sites for hydroxylation is 2. The average molecular weight is 954 g/mol. The summed E-state index contributed by atoms with van der Waals surface area (Å²) in [4.78, 5) is 55.6. The van der Waals surface area contributed by atoms with Crippen LogP contribution >= 0.6 is 0 Å². The van der Waals surface area contributed by atoms with Gasteiger partial charge in [-0.15, -0.1) is 5.10 Å². The fourth-order valence-corrected chi connectivity index (χ4v) is 8.54. The Balaban J connectivity index is 0.000000135. The Morgan fingerprint density at radius 3 is 1.80 bits per heavy atom. The molecule has 22 heteroatoms. The molecule has 2 aliphatic heterocycles. The number of amides is 2. The number of hydrogen-bond donors (Lipinski definition) is 3. The van der Waals surface area contributed by atoms with Crippen molar-refractivity contribution in [3.05, 3.63) is 109 Å². The normalized spacial score (nSPS) is 15.9. The van der Waals surface area contributed by atoms with Gasteiger partial charge in [-0.3, -0.25) is 19.0 Å². The lowest BCUT2D eigenvalue weighted by atomic mass is 10.00. The number of carbonyl (C=O) groups excluding carboxylic acids is 2. The van der Waals surface area contributed by atoms with E-state index in [2.05, 4.69) is 85.2 Å². The Hall–Kier alpha value is -7.56. The Morgan fingerprint density at radius 1 is 0.729 bits per heavy atom. The third kappa shape index (κ3) is 10.8. The van der Waals surface area contributed by atoms with Gasteiger partial charge in [-0.1, -0.05) is 17.0 Å². The molecule has 20 nitrogen and oxygen atoms in total. The van der Waals surface area contributed by atoms with Gasteiger partial charge in [-0.05, 0) is 87.3 Å². The van der Waals surface area contributed by atoms with Crippen molar-refractivity contribution in [1.29, 1.82) is 0 Å². The van der Waals surface area contributed by atoms with Gasteiger partial charge in [0.05, 0.1) is 24.8 Å². The highest BCUT2D eigenvalue weighted by atomic mass is 19.1. The second-order valence-electron chi connectivity index (χ2n) is 18.5. The first-order valence-corrected chi connectivity index (χ1v) is 23.3. The summed E-state index contributed by atoms with van der Waals surface area (Å²) in [5, 5.41) is 25.7. The lowest BCUT2D eigenvalue weighted by Gasteiger charge is -2.41. The Labute approximate surface area is 401 Å². The molecule has 362 valence electrons. The quantitative estimate of drug-likeness (QED) is 0.140. The summed E-state index contributed by atoms with van der Waals surface area (Å²) < 4.78 is 31.4. The fourth-order valence-electron chi connectivity index (χ4n) is 8.54. The number of carbonyl (C=O) groups is 2. The molecule has 2 saturated carbocycles. The number of aromatic nitrogens is 11. The van der Waals surface area contributed by atoms with Crippen LogP contribution in [0.15, 0.2) is 85.7 Å². The van der Waals surface area contributed by atoms with Gasteiger partial charge in [-0.2, -0.15) is 10.2 Å². The van der Waals surface area contributed by atoms with Crippen molar-refractivity contribution in [2.24, 2.45) is 25.9 Å². The zero-order chi connectivity index (χ0) is 48.5. The molecule has 3 N–H and O–H groups in total. The van der Waals surface area contributed by atoms with Gasteiger partial charge >= 0.3 is 0 Å². The molecule has 3 aromatic carbocycles. The second-order valence-corrected chi connectivity index (χ2v) is 18.5. The van der Waals surface area contributed by atoms with E-state index in [1.54, 1.807) is 57.0 Å². The minimum Gasteiger partial charge on any atom is -0.355 e. The second kappa shape index (κ2) is 19.8. The third-order valence-electron chi connectivity index (χ3n) is 12.7. The minimum absolute atomic E-state index is 0.0393. The van der Waals surface area contributed by atoms with E-state index in [1.807, 2.05) is 12.1 Å². The van der Waals surface area contributed by atoms with Crippen molar-refractivity contribution < 1.29 is 23.2 Å². The van der Waals surface area contributed by atoms with E-state index in [9.17, 15) is 18.4 Å². The maximum absolute atomic E-state index is 14.2. The lowest BCUT2D eigenvalue weighted by Crippen LogP contribution is -2.51. The Morgan fingerprint density at radius 2 is 1.29 bits per heavy atom. The molecule has 0 unspecified atom stereocenters. The van der Waals surface area contributed by atoms with Crippen LogP contribution in [-0.2, 0) is 14.1 Å². The van der Waals surface area contributed by atoms with Gasteiger partial charge < -0.3 is 35.5 Å². The summed E-state index contributed by atoms with van der Waals surface area (Å²) >= 11 is 0. The fraction of sp³-hybridized carbons (Fsp3) is 0.375. The third-order valence-corrected chi connectivity index (χ3v) is 12.7. The number of fused-ring (bicyclic) bond motifs is 3. The molecule has 8 aromatic rings. The number of halogens is 2. The number of benzene rings is 3. The van der Waals surface area contributed by atoms with Crippen LogP contribution in [0.25, 0.3) is 32.8 Å². The molecule has 2 aliphatic carbocycles. The molecule has 0 bridgehead atoms. The van der Waals surface area contributed by atoms with Gasteiger partial charge in [-0.25, -0.2) is 28.7 Å². The number of anilines is 3. The molecule has 0 radical (unpaired) electrons. The monoisotopic (exact) mass is 953 g/mol. The highest BCUT2D eigenvalue weighted by molar-refractivity contribution is 6.04. The van der Waals surface area contributed by atoms with Crippen LogP contribution < -0.4 is 25.7 Å². The van der Waals surface area contributed by atoms with Crippen molar-refractivity contribution in [2.75, 3.05) is 68.9 Å². The standard InChI is InChI=1S/C21H24FN7O.C19H13FN8O2.C8H16N2/c1-27(16-3-4-16)9-13-10-29(11-13)19-8-23-18(7-24-19)21(30)25-15-5-14-12-28(2)26-20(14)17(22)6-15;1-27-10-11-6-12(7-13(20)18(11)25-27)23-19(29)15-8-22-17(9-21-15)30-28-16-5-3-2-4-14(16)24-26-28;1-10(8-2-3-8)6-7-4-9-5-7/h5-8,12-13,16H,3-4,9-11H2,1-2H3,(H,25,30);2-10H,1H3,(H,23,29);7-9H,2-6H2,1H3. The molecule has 7 heterocycles. The lowest BCUT2D eigenvalue weighted by molar-refractivity contribution is 0.101. The van der Waals surface area contributed by atoms with Crippen LogP contribution in [0.1, 0.15) is 46.7 Å². The van der Waals surface area contributed by atoms with Gasteiger partial charge in [0.15, 0.2) is 11.6 Å². The molecule has 5 aromatic heterocycles. The largest absolute Gasteiger partial charge is 0.355 e. The first-order valence-electron chi connectivity index (χ1n) is 23.3. The van der Waals surface area contributed by atoms with E-state index < -0.39 is 23.4 Å². The number of para-hydroxylation sites is 1. The average Bonchev–Trinajstić information content (AvgIpc) is 4.25. The smallest absolute Gasteiger partial charge is 0.275 e. The molecule has 2 saturated heterocycles. The summed E-state index contributed by atoms with van der Waals surface area (Å²) in [6, 6.07) is 14.8. The summed E-state index contributed by atoms with van der Waals surface area (Å²) in [5.41, 5.74) is 2.71. The van der Waals surface area contributed by atoms with Gasteiger partial charge in [0.2, 0.25) is 0 Å². The number of nitrogens with zero attached hydrogens (tertiary/aromatic N) is 14. The first kappa shape index (κ1) is 46.2. The predicted molar refractivity (Wildman–Crippen MR) is 258 cm³/mol. The van der Waals surface area contributed by atoms with E-state index in [0.717, 1.165) is 43.5 Å². The van der Waals surface area contributed by atoms with Gasteiger partial charge in [0, 0.05) is 106 Å². The van der Waals surface area contributed by atoms with E-state index in [-0.39, 0.29) is 34.0 Å². The zero-order valence-electron chi connectivity index (χ0n) is 39.2. The molecule has 0 atom stereocenters. The summed E-state index contributed by atoms with van der Waals surface area (Å²) in [5.74, 6) is 0.530. The molecule has 70 heavy (non-hydrogen) atoms. The van der Waals surface area contributed by atoms with Crippen LogP contribution in [0.4, 0.5) is 26.0 Å². The molecule has 4 aliphatic rings. The number of nitrogens with one attached hydrogen (secondary N) is 3. The topological polar surface area (TPSA) is 207 Å². The highest BCUT2D eigenvalue weighted by Gasteiger charge is 2.33. The van der Waals surface area contributed by atoms with Gasteiger partial charge in [0.25, 0.3) is 17.7 Å². The van der Waals surface area contributed by atoms with Gasteiger partial charge in [0.1, 0.15) is 39.3 Å². The van der Waals surface area contributed by atoms with Crippen molar-refractivity contribution in [3.63, 3.8) is 0 Å². The number of rotatable bonds is 13. The summed E-state index contributed by atoms with van der Waals surface area (Å²) in [7, 11) is 7.88. The molecule has 4 fully saturated rings.